The number of methoxy groups -OCH3 is 3. The quantitative estimate of drug-likeness (QED) is 0.464. The van der Waals surface area contributed by atoms with Gasteiger partial charge in [0.2, 0.25) is 5.75 Å². The summed E-state index contributed by atoms with van der Waals surface area (Å²) in [5, 5.41) is 2.94. The van der Waals surface area contributed by atoms with Gasteiger partial charge in [-0.3, -0.25) is 4.79 Å². The van der Waals surface area contributed by atoms with Crippen molar-refractivity contribution in [2.75, 3.05) is 21.3 Å². The van der Waals surface area contributed by atoms with E-state index in [1.165, 1.54) is 16.0 Å². The van der Waals surface area contributed by atoms with Crippen molar-refractivity contribution in [3.8, 4) is 17.2 Å². The van der Waals surface area contributed by atoms with Gasteiger partial charge in [-0.1, -0.05) is 29.8 Å². The summed E-state index contributed by atoms with van der Waals surface area (Å²) in [6, 6.07) is 19.8. The van der Waals surface area contributed by atoms with Gasteiger partial charge < -0.3 is 19.5 Å². The fourth-order valence-electron chi connectivity index (χ4n) is 3.13. The first-order valence-electron chi connectivity index (χ1n) is 9.90. The van der Waals surface area contributed by atoms with Gasteiger partial charge in [-0.25, -0.2) is 0 Å². The summed E-state index contributed by atoms with van der Waals surface area (Å²) in [6.07, 6.45) is 0. The van der Waals surface area contributed by atoms with Crippen LogP contribution in [-0.2, 0) is 12.3 Å². The Balaban J connectivity index is 1.60. The van der Waals surface area contributed by atoms with Crippen LogP contribution >= 0.6 is 11.8 Å². The third kappa shape index (κ3) is 5.73. The molecule has 0 aliphatic carbocycles. The molecule has 1 amide bonds. The number of thioether (sulfide) groups is 1. The second kappa shape index (κ2) is 10.8. The maximum absolute atomic E-state index is 12.6. The second-order valence-electron chi connectivity index (χ2n) is 6.97. The Morgan fingerprint density at radius 2 is 1.52 bits per heavy atom. The molecule has 0 atom stereocenters. The highest BCUT2D eigenvalue weighted by Gasteiger charge is 2.16. The fourth-order valence-corrected chi connectivity index (χ4v) is 3.99. The van der Waals surface area contributed by atoms with Crippen LogP contribution in [0.15, 0.2) is 65.6 Å². The Morgan fingerprint density at radius 3 is 2.13 bits per heavy atom. The van der Waals surface area contributed by atoms with Gasteiger partial charge in [0, 0.05) is 28.3 Å². The molecule has 3 aromatic carbocycles. The molecule has 0 fully saturated rings. The molecule has 0 unspecified atom stereocenters. The van der Waals surface area contributed by atoms with Crippen LogP contribution in [0, 0.1) is 6.92 Å². The van der Waals surface area contributed by atoms with Crippen molar-refractivity contribution in [2.24, 2.45) is 0 Å². The lowest BCUT2D eigenvalue weighted by molar-refractivity contribution is 0.0950. The van der Waals surface area contributed by atoms with Crippen molar-refractivity contribution in [3.05, 3.63) is 82.9 Å². The van der Waals surface area contributed by atoms with Crippen LogP contribution in [0.1, 0.15) is 27.0 Å². The Bertz CT molecular complexity index is 1020. The van der Waals surface area contributed by atoms with E-state index < -0.39 is 0 Å². The Hall–Kier alpha value is -3.12. The summed E-state index contributed by atoms with van der Waals surface area (Å²) in [5.74, 6) is 2.34. The van der Waals surface area contributed by atoms with Crippen molar-refractivity contribution >= 4 is 17.7 Å². The Morgan fingerprint density at radius 1 is 0.839 bits per heavy atom. The van der Waals surface area contributed by atoms with Crippen LogP contribution in [0.25, 0.3) is 0 Å². The van der Waals surface area contributed by atoms with Gasteiger partial charge in [0.25, 0.3) is 5.91 Å². The normalized spacial score (nSPS) is 10.5. The minimum atomic E-state index is -0.144. The van der Waals surface area contributed by atoms with Crippen molar-refractivity contribution in [2.45, 2.75) is 24.1 Å². The molecule has 0 saturated heterocycles. The van der Waals surface area contributed by atoms with Crippen LogP contribution in [0.5, 0.6) is 17.2 Å². The molecule has 1 N–H and O–H groups in total. The molecule has 0 bridgehead atoms. The smallest absolute Gasteiger partial charge is 0.251 e. The monoisotopic (exact) mass is 437 g/mol. The van der Waals surface area contributed by atoms with E-state index in [-0.39, 0.29) is 5.91 Å². The van der Waals surface area contributed by atoms with Crippen LogP contribution in [-0.4, -0.2) is 27.2 Å². The molecule has 3 rings (SSSR count). The first-order chi connectivity index (χ1) is 15.0. The molecular weight excluding hydrogens is 410 g/mol. The Kier molecular flexibility index (Phi) is 7.84. The van der Waals surface area contributed by atoms with Gasteiger partial charge >= 0.3 is 0 Å². The third-order valence-corrected chi connectivity index (χ3v) is 5.95. The highest BCUT2D eigenvalue weighted by molar-refractivity contribution is 7.98. The van der Waals surface area contributed by atoms with Gasteiger partial charge in [-0.15, -0.1) is 11.8 Å². The number of benzene rings is 3. The SMILES string of the molecule is COc1ccc(CNC(=O)c2ccc(CSc3ccc(C)cc3)cc2)c(OC)c1OC. The van der Waals surface area contributed by atoms with Gasteiger partial charge in [-0.2, -0.15) is 0 Å². The summed E-state index contributed by atoms with van der Waals surface area (Å²) in [5.41, 5.74) is 3.84. The third-order valence-electron chi connectivity index (χ3n) is 4.87. The van der Waals surface area contributed by atoms with Crippen molar-refractivity contribution < 1.29 is 19.0 Å². The predicted octanol–water partition coefficient (Wildman–Crippen LogP) is 5.24. The summed E-state index contributed by atoms with van der Waals surface area (Å²) in [7, 11) is 4.69. The average Bonchev–Trinajstić information content (AvgIpc) is 2.81. The molecule has 162 valence electrons. The number of carbonyl (C=O) groups excluding carboxylic acids is 1. The zero-order chi connectivity index (χ0) is 22.2. The number of carbonyl (C=O) groups is 1. The summed E-state index contributed by atoms with van der Waals surface area (Å²) < 4.78 is 16.2. The van der Waals surface area contributed by atoms with E-state index in [2.05, 4.69) is 36.5 Å². The van der Waals surface area contributed by atoms with Crippen LogP contribution < -0.4 is 19.5 Å². The average molecular weight is 438 g/mol. The number of aryl methyl sites for hydroxylation is 1. The molecule has 0 spiro atoms. The number of hydrogen-bond acceptors (Lipinski definition) is 5. The summed E-state index contributed by atoms with van der Waals surface area (Å²) in [4.78, 5) is 13.8. The largest absolute Gasteiger partial charge is 0.493 e. The molecule has 6 heteroatoms. The molecule has 3 aromatic rings. The first kappa shape index (κ1) is 22.6. The Labute approximate surface area is 187 Å². The maximum atomic E-state index is 12.6. The number of hydrogen-bond donors (Lipinski definition) is 1. The zero-order valence-electron chi connectivity index (χ0n) is 18.2. The molecule has 0 saturated carbocycles. The fraction of sp³-hybridized carbons (Fsp3) is 0.240. The molecule has 0 aromatic heterocycles. The number of ether oxygens (including phenoxy) is 3. The summed E-state index contributed by atoms with van der Waals surface area (Å²) in [6.45, 7) is 2.40. The lowest BCUT2D eigenvalue weighted by atomic mass is 10.1. The van der Waals surface area contributed by atoms with E-state index in [9.17, 15) is 4.79 Å². The topological polar surface area (TPSA) is 56.8 Å². The van der Waals surface area contributed by atoms with Crippen LogP contribution in [0.3, 0.4) is 0 Å². The molecule has 0 aliphatic heterocycles. The van der Waals surface area contributed by atoms with Crippen LogP contribution in [0.4, 0.5) is 0 Å². The number of rotatable bonds is 9. The number of amides is 1. The molecule has 5 nitrogen and oxygen atoms in total. The van der Waals surface area contributed by atoms with E-state index in [1.54, 1.807) is 39.2 Å². The van der Waals surface area contributed by atoms with Crippen molar-refractivity contribution in [3.63, 3.8) is 0 Å². The minimum Gasteiger partial charge on any atom is -0.493 e. The molecule has 0 heterocycles. The van der Waals surface area contributed by atoms with Gasteiger partial charge in [-0.05, 0) is 48.9 Å². The molecule has 0 aliphatic rings. The zero-order valence-corrected chi connectivity index (χ0v) is 19.0. The standard InChI is InChI=1S/C25H27NO4S/c1-17-5-12-21(13-6-17)31-16-18-7-9-19(10-8-18)25(27)26-15-20-11-14-22(28-2)24(30-4)23(20)29-3/h5-14H,15-16H2,1-4H3,(H,26,27). The highest BCUT2D eigenvalue weighted by Crippen LogP contribution is 2.39. The van der Waals surface area contributed by atoms with Gasteiger partial charge in [0.1, 0.15) is 0 Å². The van der Waals surface area contributed by atoms with Gasteiger partial charge in [0.15, 0.2) is 11.5 Å². The van der Waals surface area contributed by atoms with E-state index in [1.807, 2.05) is 30.3 Å². The van der Waals surface area contributed by atoms with Crippen LogP contribution in [0.2, 0.25) is 0 Å². The van der Waals surface area contributed by atoms with E-state index in [0.717, 1.165) is 11.3 Å². The van der Waals surface area contributed by atoms with E-state index in [0.29, 0.717) is 29.4 Å². The van der Waals surface area contributed by atoms with E-state index in [4.69, 9.17) is 14.2 Å². The van der Waals surface area contributed by atoms with Crippen molar-refractivity contribution in [1.82, 2.24) is 5.32 Å². The first-order valence-corrected chi connectivity index (χ1v) is 10.9. The lowest BCUT2D eigenvalue weighted by Gasteiger charge is -2.16. The second-order valence-corrected chi connectivity index (χ2v) is 8.02. The van der Waals surface area contributed by atoms with E-state index >= 15 is 0 Å². The molecule has 31 heavy (non-hydrogen) atoms. The maximum Gasteiger partial charge on any atom is 0.251 e. The molecular formula is C25H27NO4S. The van der Waals surface area contributed by atoms with Crippen molar-refractivity contribution in [1.29, 1.82) is 0 Å². The highest BCUT2D eigenvalue weighted by atomic mass is 32.2. The predicted molar refractivity (Wildman–Crippen MR) is 124 cm³/mol. The lowest BCUT2D eigenvalue weighted by Crippen LogP contribution is -2.23. The summed E-state index contributed by atoms with van der Waals surface area (Å²) >= 11 is 1.78. The molecule has 0 radical (unpaired) electrons. The minimum absolute atomic E-state index is 0.144. The van der Waals surface area contributed by atoms with Gasteiger partial charge in [0.05, 0.1) is 21.3 Å². The number of nitrogens with one attached hydrogen (secondary N) is 1.